The van der Waals surface area contributed by atoms with E-state index < -0.39 is 0 Å². The molecular weight excluding hydrogens is 747 g/mol. The summed E-state index contributed by atoms with van der Waals surface area (Å²) >= 11 is 1.86. The number of fused-ring (bicyclic) bond motifs is 12. The zero-order valence-electron chi connectivity index (χ0n) is 32.5. The molecule has 10 aromatic carbocycles. The summed E-state index contributed by atoms with van der Waals surface area (Å²) in [6, 6.07) is 78.6. The van der Waals surface area contributed by atoms with Gasteiger partial charge in [-0.3, -0.25) is 0 Å². The van der Waals surface area contributed by atoms with Crippen LogP contribution >= 0.6 is 11.3 Å². The maximum atomic E-state index is 2.49. The third kappa shape index (κ3) is 4.95. The van der Waals surface area contributed by atoms with E-state index in [2.05, 4.69) is 226 Å². The molecule has 0 aliphatic rings. The summed E-state index contributed by atoms with van der Waals surface area (Å²) in [7, 11) is 0. The van der Waals surface area contributed by atoms with Crippen molar-refractivity contribution in [1.82, 2.24) is 13.7 Å². The highest BCUT2D eigenvalue weighted by atomic mass is 32.1. The molecule has 0 saturated heterocycles. The first kappa shape index (κ1) is 33.3. The Morgan fingerprint density at radius 3 is 1.33 bits per heavy atom. The van der Waals surface area contributed by atoms with Gasteiger partial charge in [0.05, 0.1) is 28.1 Å². The molecule has 0 aliphatic heterocycles. The second kappa shape index (κ2) is 12.9. The first-order valence-corrected chi connectivity index (χ1v) is 21.3. The van der Waals surface area contributed by atoms with Crippen LogP contribution in [-0.2, 0) is 0 Å². The van der Waals surface area contributed by atoms with Crippen LogP contribution in [0.3, 0.4) is 0 Å². The molecule has 3 nitrogen and oxygen atoms in total. The van der Waals surface area contributed by atoms with E-state index in [1.54, 1.807) is 0 Å². The van der Waals surface area contributed by atoms with Crippen LogP contribution in [0.4, 0.5) is 0 Å². The number of thiophene rings is 1. The largest absolute Gasteiger partial charge is 0.310 e. The minimum absolute atomic E-state index is 1.10. The van der Waals surface area contributed by atoms with Crippen molar-refractivity contribution < 1.29 is 0 Å². The molecule has 0 unspecified atom stereocenters. The Morgan fingerprint density at radius 1 is 0.267 bits per heavy atom. The van der Waals surface area contributed by atoms with Crippen LogP contribution in [0.25, 0.3) is 113 Å². The van der Waals surface area contributed by atoms with Gasteiger partial charge in [-0.15, -0.1) is 11.3 Å². The number of para-hydroxylation sites is 2. The zero-order valence-corrected chi connectivity index (χ0v) is 33.3. The molecule has 4 heteroatoms. The van der Waals surface area contributed by atoms with Crippen molar-refractivity contribution in [1.29, 1.82) is 0 Å². The molecule has 3 aromatic heterocycles. The maximum Gasteiger partial charge on any atom is 0.0782 e. The second-order valence-corrected chi connectivity index (χ2v) is 16.8. The van der Waals surface area contributed by atoms with Crippen LogP contribution in [0.2, 0.25) is 0 Å². The summed E-state index contributed by atoms with van der Waals surface area (Å²) in [5.74, 6) is 0. The lowest BCUT2D eigenvalue weighted by Crippen LogP contribution is -2.02. The Morgan fingerprint density at radius 2 is 0.700 bits per heavy atom. The Hall–Kier alpha value is -7.66. The van der Waals surface area contributed by atoms with Crippen molar-refractivity contribution in [2.45, 2.75) is 0 Å². The molecule has 3 heterocycles. The Bertz CT molecular complexity index is 3960. The van der Waals surface area contributed by atoms with Crippen molar-refractivity contribution in [2.24, 2.45) is 0 Å². The van der Waals surface area contributed by atoms with Crippen LogP contribution < -0.4 is 0 Å². The van der Waals surface area contributed by atoms with Crippen molar-refractivity contribution in [3.8, 4) is 17.1 Å². The molecule has 0 atom stereocenters. The van der Waals surface area contributed by atoms with Gasteiger partial charge in [-0.25, -0.2) is 0 Å². The third-order valence-electron chi connectivity index (χ3n) is 12.4. The minimum atomic E-state index is 1.10. The smallest absolute Gasteiger partial charge is 0.0782 e. The Kier molecular flexibility index (Phi) is 7.18. The predicted molar refractivity (Wildman–Crippen MR) is 257 cm³/mol. The standard InChI is InChI=1S/C56H35N3S/c1-3-20-44-36(12-1)14-9-25-50(44)57-40-18-7-16-38(32-40)39-17-8-19-41(33-39)58(43-29-31-55-49(35-43)48-34-42(57)28-30-54(48)60-55)53-27-11-23-47-46-22-5-6-24-52(46)59(56(47)53)51-26-10-15-37-13-2-4-21-45(37)51/h1-35H. The number of hydrogen-bond acceptors (Lipinski definition) is 1. The van der Waals surface area contributed by atoms with E-state index >= 15 is 0 Å². The van der Waals surface area contributed by atoms with E-state index in [-0.39, 0.29) is 0 Å². The van der Waals surface area contributed by atoms with Crippen LogP contribution in [0.1, 0.15) is 0 Å². The molecule has 280 valence electrons. The number of nitrogens with zero attached hydrogens (tertiary/aromatic N) is 3. The molecule has 0 spiro atoms. The van der Waals surface area contributed by atoms with E-state index in [4.69, 9.17) is 0 Å². The van der Waals surface area contributed by atoms with Crippen LogP contribution in [0.15, 0.2) is 212 Å². The van der Waals surface area contributed by atoms with Crippen LogP contribution in [0, 0.1) is 0 Å². The van der Waals surface area contributed by atoms with E-state index in [9.17, 15) is 0 Å². The lowest BCUT2D eigenvalue weighted by molar-refractivity contribution is 1.13. The SMILES string of the molecule is c1ccc2c(-n3c4cccc(c4)c4cccc(c4)n(-c4cccc5c6ccccc6n(-c6cccc7ccccc67)c45)c4ccc5sc6ccc3cc6c5c4)cccc2c1. The fourth-order valence-electron chi connectivity index (χ4n) is 9.77. The lowest BCUT2D eigenvalue weighted by Gasteiger charge is -2.17. The second-order valence-electron chi connectivity index (χ2n) is 15.8. The number of aromatic nitrogens is 3. The molecule has 8 bridgehead atoms. The molecule has 0 fully saturated rings. The van der Waals surface area contributed by atoms with Crippen molar-refractivity contribution >= 4 is 108 Å². The lowest BCUT2D eigenvalue weighted by atomic mass is 10.1. The minimum Gasteiger partial charge on any atom is -0.310 e. The molecule has 13 aromatic rings. The van der Waals surface area contributed by atoms with E-state index in [0.717, 1.165) is 44.2 Å². The van der Waals surface area contributed by atoms with Crippen molar-refractivity contribution in [2.75, 3.05) is 0 Å². The van der Waals surface area contributed by atoms with Gasteiger partial charge < -0.3 is 13.7 Å². The maximum absolute atomic E-state index is 2.49. The van der Waals surface area contributed by atoms with Gasteiger partial charge in [-0.05, 0) is 106 Å². The fourth-order valence-corrected chi connectivity index (χ4v) is 10.8. The Labute approximate surface area is 349 Å². The average Bonchev–Trinajstić information content (AvgIpc) is 3.85. The number of benzene rings is 10. The van der Waals surface area contributed by atoms with Gasteiger partial charge in [0.15, 0.2) is 0 Å². The highest BCUT2D eigenvalue weighted by Crippen LogP contribution is 2.41. The topological polar surface area (TPSA) is 14.8 Å². The van der Waals surface area contributed by atoms with E-state index in [1.807, 2.05) is 11.3 Å². The first-order valence-electron chi connectivity index (χ1n) is 20.5. The highest BCUT2D eigenvalue weighted by Gasteiger charge is 2.19. The van der Waals surface area contributed by atoms with Crippen molar-refractivity contribution in [3.05, 3.63) is 212 Å². The molecule has 60 heavy (non-hydrogen) atoms. The van der Waals surface area contributed by atoms with Gasteiger partial charge in [0.2, 0.25) is 0 Å². The summed E-state index contributed by atoms with van der Waals surface area (Å²) in [6.45, 7) is 0. The van der Waals surface area contributed by atoms with Gasteiger partial charge in [-0.1, -0.05) is 127 Å². The molecule has 0 amide bonds. The molecule has 0 radical (unpaired) electrons. The predicted octanol–water partition coefficient (Wildman–Crippen LogP) is 15.6. The molecular formula is C56H35N3S. The third-order valence-corrected chi connectivity index (χ3v) is 13.6. The van der Waals surface area contributed by atoms with Gasteiger partial charge in [0, 0.05) is 63.8 Å². The summed E-state index contributed by atoms with van der Waals surface area (Å²) in [4.78, 5) is 0. The first-order chi connectivity index (χ1) is 29.7. The number of hydrogen-bond donors (Lipinski definition) is 0. The van der Waals surface area contributed by atoms with Gasteiger partial charge in [0.25, 0.3) is 0 Å². The normalized spacial score (nSPS) is 12.0. The number of rotatable bonds is 3. The molecule has 13 rings (SSSR count). The zero-order chi connectivity index (χ0) is 39.3. The van der Waals surface area contributed by atoms with E-state index in [1.165, 1.54) is 69.2 Å². The van der Waals surface area contributed by atoms with Gasteiger partial charge in [-0.2, -0.15) is 0 Å². The van der Waals surface area contributed by atoms with Crippen LogP contribution in [0.5, 0.6) is 0 Å². The summed E-state index contributed by atoms with van der Waals surface area (Å²) < 4.78 is 9.96. The fraction of sp³-hybridized carbons (Fsp3) is 0. The van der Waals surface area contributed by atoms with E-state index in [0.29, 0.717) is 0 Å². The van der Waals surface area contributed by atoms with Gasteiger partial charge in [0.1, 0.15) is 0 Å². The monoisotopic (exact) mass is 781 g/mol. The van der Waals surface area contributed by atoms with Crippen molar-refractivity contribution in [3.63, 3.8) is 0 Å². The summed E-state index contributed by atoms with van der Waals surface area (Å²) in [6.07, 6.45) is 0. The average molecular weight is 782 g/mol. The summed E-state index contributed by atoms with van der Waals surface area (Å²) in [5.41, 5.74) is 10.3. The summed E-state index contributed by atoms with van der Waals surface area (Å²) in [5, 5.41) is 12.2. The molecule has 0 aliphatic carbocycles. The van der Waals surface area contributed by atoms with Crippen LogP contribution in [-0.4, -0.2) is 13.7 Å². The quantitative estimate of drug-likeness (QED) is 0.170. The Balaban J connectivity index is 1.22. The van der Waals surface area contributed by atoms with Gasteiger partial charge >= 0.3 is 0 Å². The molecule has 0 N–H and O–H groups in total. The highest BCUT2D eigenvalue weighted by molar-refractivity contribution is 7.25. The molecule has 0 saturated carbocycles.